The van der Waals surface area contributed by atoms with E-state index in [1.807, 2.05) is 42.5 Å². The number of aromatic nitrogens is 1. The van der Waals surface area contributed by atoms with Gasteiger partial charge in [-0.2, -0.15) is 5.26 Å². The predicted octanol–water partition coefficient (Wildman–Crippen LogP) is 4.60. The van der Waals surface area contributed by atoms with Gasteiger partial charge in [0.2, 0.25) is 0 Å². The fourth-order valence-corrected chi connectivity index (χ4v) is 3.68. The van der Waals surface area contributed by atoms with Gasteiger partial charge in [0.05, 0.1) is 5.56 Å². The van der Waals surface area contributed by atoms with Crippen LogP contribution in [0.1, 0.15) is 5.56 Å². The van der Waals surface area contributed by atoms with Crippen molar-refractivity contribution in [2.45, 2.75) is 0 Å². The van der Waals surface area contributed by atoms with Crippen LogP contribution < -0.4 is 9.80 Å². The van der Waals surface area contributed by atoms with Crippen molar-refractivity contribution in [2.24, 2.45) is 0 Å². The molecule has 1 aromatic heterocycles. The Morgan fingerprint density at radius 2 is 1.44 bits per heavy atom. The molecular weight excluding hydrogens is 356 g/mol. The molecule has 0 atom stereocenters. The first-order valence-electron chi connectivity index (χ1n) is 8.97. The third-order valence-corrected chi connectivity index (χ3v) is 5.16. The van der Waals surface area contributed by atoms with Gasteiger partial charge >= 0.3 is 0 Å². The molecule has 0 unspecified atom stereocenters. The Hall–Kier alpha value is -3.03. The maximum Gasteiger partial charge on any atom is 0.149 e. The summed E-state index contributed by atoms with van der Waals surface area (Å²) in [5, 5.41) is 9.79. The molecule has 27 heavy (non-hydrogen) atoms. The van der Waals surface area contributed by atoms with Crippen molar-refractivity contribution < 1.29 is 0 Å². The van der Waals surface area contributed by atoms with Gasteiger partial charge < -0.3 is 9.80 Å². The number of halogens is 1. The third-order valence-electron chi connectivity index (χ3n) is 4.88. The van der Waals surface area contributed by atoms with E-state index in [4.69, 9.17) is 11.6 Å². The fraction of sp³-hybridized carbons (Fsp3) is 0.182. The number of nitriles is 1. The van der Waals surface area contributed by atoms with Crippen molar-refractivity contribution in [3.63, 3.8) is 0 Å². The molecule has 0 amide bonds. The van der Waals surface area contributed by atoms with E-state index in [2.05, 4.69) is 45.1 Å². The monoisotopic (exact) mass is 374 g/mol. The van der Waals surface area contributed by atoms with Crippen LogP contribution in [0.4, 0.5) is 11.5 Å². The van der Waals surface area contributed by atoms with Crippen LogP contribution >= 0.6 is 11.6 Å². The topological polar surface area (TPSA) is 43.2 Å². The summed E-state index contributed by atoms with van der Waals surface area (Å²) < 4.78 is 0. The number of piperazine rings is 1. The summed E-state index contributed by atoms with van der Waals surface area (Å²) in [5.74, 6) is 0.825. The van der Waals surface area contributed by atoms with Crippen molar-refractivity contribution in [1.82, 2.24) is 4.98 Å². The molecule has 1 fully saturated rings. The Balaban J connectivity index is 1.60. The Bertz CT molecular complexity index is 959. The highest BCUT2D eigenvalue weighted by atomic mass is 35.5. The van der Waals surface area contributed by atoms with Crippen molar-refractivity contribution >= 4 is 23.1 Å². The number of hydrogen-bond donors (Lipinski definition) is 0. The average molecular weight is 375 g/mol. The van der Waals surface area contributed by atoms with Crippen LogP contribution in [-0.2, 0) is 0 Å². The van der Waals surface area contributed by atoms with Gasteiger partial charge in [0.1, 0.15) is 17.0 Å². The number of benzene rings is 2. The lowest BCUT2D eigenvalue weighted by Crippen LogP contribution is -2.46. The van der Waals surface area contributed by atoms with Crippen LogP contribution in [0.3, 0.4) is 0 Å². The van der Waals surface area contributed by atoms with E-state index in [0.717, 1.165) is 43.1 Å². The molecule has 3 aromatic rings. The van der Waals surface area contributed by atoms with Crippen LogP contribution in [0.5, 0.6) is 0 Å². The van der Waals surface area contributed by atoms with Crippen LogP contribution in [0.25, 0.3) is 11.1 Å². The van der Waals surface area contributed by atoms with Crippen molar-refractivity contribution in [2.75, 3.05) is 36.0 Å². The minimum Gasteiger partial charge on any atom is -0.368 e. The number of rotatable bonds is 3. The summed E-state index contributed by atoms with van der Waals surface area (Å²) in [6.45, 7) is 3.56. The molecule has 2 heterocycles. The van der Waals surface area contributed by atoms with E-state index < -0.39 is 0 Å². The second-order valence-electron chi connectivity index (χ2n) is 6.48. The molecule has 2 aromatic carbocycles. The molecule has 0 spiro atoms. The van der Waals surface area contributed by atoms with Gasteiger partial charge in [-0.3, -0.25) is 0 Å². The van der Waals surface area contributed by atoms with Gasteiger partial charge in [-0.15, -0.1) is 0 Å². The number of hydrogen-bond acceptors (Lipinski definition) is 4. The maximum atomic E-state index is 9.53. The number of anilines is 2. The van der Waals surface area contributed by atoms with E-state index in [1.54, 1.807) is 0 Å². The molecule has 4 rings (SSSR count). The summed E-state index contributed by atoms with van der Waals surface area (Å²) in [5.41, 5.74) is 3.48. The normalized spacial score (nSPS) is 14.1. The van der Waals surface area contributed by atoms with E-state index >= 15 is 0 Å². The Morgan fingerprint density at radius 3 is 2.07 bits per heavy atom. The highest BCUT2D eigenvalue weighted by Crippen LogP contribution is 2.32. The summed E-state index contributed by atoms with van der Waals surface area (Å²) in [6, 6.07) is 24.5. The van der Waals surface area contributed by atoms with Crippen molar-refractivity contribution in [3.05, 3.63) is 77.4 Å². The molecule has 0 saturated carbocycles. The highest BCUT2D eigenvalue weighted by molar-refractivity contribution is 6.31. The molecule has 134 valence electrons. The number of pyridine rings is 1. The number of nitrogens with zero attached hydrogens (tertiary/aromatic N) is 4. The molecular formula is C22H19ClN4. The molecule has 1 aliphatic heterocycles. The first kappa shape index (κ1) is 17.4. The molecule has 0 N–H and O–H groups in total. The van der Waals surface area contributed by atoms with Gasteiger partial charge in [0, 0.05) is 37.4 Å². The van der Waals surface area contributed by atoms with Crippen LogP contribution in [0, 0.1) is 11.3 Å². The van der Waals surface area contributed by atoms with Crippen LogP contribution in [0.2, 0.25) is 5.15 Å². The zero-order chi connectivity index (χ0) is 18.6. The summed E-state index contributed by atoms with van der Waals surface area (Å²) in [7, 11) is 0. The van der Waals surface area contributed by atoms with Crippen molar-refractivity contribution in [3.8, 4) is 17.2 Å². The minimum absolute atomic E-state index is 0.263. The fourth-order valence-electron chi connectivity index (χ4n) is 3.45. The standard InChI is InChI=1S/C22H19ClN4/c23-22-20(16-24)19(17-7-3-1-4-8-17)15-21(25-22)27-13-11-26(12-14-27)18-9-5-2-6-10-18/h1-10,15H,11-14H2. The Morgan fingerprint density at radius 1 is 0.852 bits per heavy atom. The van der Waals surface area contributed by atoms with Gasteiger partial charge in [0.25, 0.3) is 0 Å². The Labute approximate surface area is 164 Å². The SMILES string of the molecule is N#Cc1c(-c2ccccc2)cc(N2CCN(c3ccccc3)CC2)nc1Cl. The molecule has 5 heteroatoms. The van der Waals surface area contributed by atoms with Gasteiger partial charge in [-0.1, -0.05) is 60.1 Å². The molecule has 0 radical (unpaired) electrons. The zero-order valence-corrected chi connectivity index (χ0v) is 15.6. The lowest BCUT2D eigenvalue weighted by atomic mass is 10.0. The smallest absolute Gasteiger partial charge is 0.149 e. The molecule has 1 aliphatic rings. The Kier molecular flexibility index (Phi) is 4.95. The maximum absolute atomic E-state index is 9.53. The highest BCUT2D eigenvalue weighted by Gasteiger charge is 2.21. The van der Waals surface area contributed by atoms with Gasteiger partial charge in [-0.25, -0.2) is 4.98 Å². The third kappa shape index (κ3) is 3.60. The van der Waals surface area contributed by atoms with E-state index in [0.29, 0.717) is 5.56 Å². The zero-order valence-electron chi connectivity index (χ0n) is 14.8. The summed E-state index contributed by atoms with van der Waals surface area (Å²) in [6.07, 6.45) is 0. The van der Waals surface area contributed by atoms with Gasteiger partial charge in [0.15, 0.2) is 0 Å². The quantitative estimate of drug-likeness (QED) is 0.628. The largest absolute Gasteiger partial charge is 0.368 e. The number of para-hydroxylation sites is 1. The second kappa shape index (κ2) is 7.69. The first-order chi connectivity index (χ1) is 13.3. The summed E-state index contributed by atoms with van der Waals surface area (Å²) in [4.78, 5) is 9.11. The second-order valence-corrected chi connectivity index (χ2v) is 6.84. The summed E-state index contributed by atoms with van der Waals surface area (Å²) >= 11 is 6.36. The van der Waals surface area contributed by atoms with E-state index in [-0.39, 0.29) is 5.15 Å². The minimum atomic E-state index is 0.263. The van der Waals surface area contributed by atoms with E-state index in [9.17, 15) is 5.26 Å². The first-order valence-corrected chi connectivity index (χ1v) is 9.35. The lowest BCUT2D eigenvalue weighted by Gasteiger charge is -2.37. The van der Waals surface area contributed by atoms with Gasteiger partial charge in [-0.05, 0) is 23.8 Å². The predicted molar refractivity (Wildman–Crippen MR) is 110 cm³/mol. The van der Waals surface area contributed by atoms with E-state index in [1.165, 1.54) is 5.69 Å². The molecule has 1 saturated heterocycles. The van der Waals surface area contributed by atoms with Crippen molar-refractivity contribution in [1.29, 1.82) is 5.26 Å². The van der Waals surface area contributed by atoms with Crippen LogP contribution in [0.15, 0.2) is 66.7 Å². The van der Waals surface area contributed by atoms with Crippen LogP contribution in [-0.4, -0.2) is 31.2 Å². The molecule has 4 nitrogen and oxygen atoms in total. The lowest BCUT2D eigenvalue weighted by molar-refractivity contribution is 0.647. The average Bonchev–Trinajstić information content (AvgIpc) is 2.74. The molecule has 0 bridgehead atoms. The molecule has 0 aliphatic carbocycles.